The highest BCUT2D eigenvalue weighted by Gasteiger charge is 2.03. The van der Waals surface area contributed by atoms with E-state index in [-0.39, 0.29) is 6.03 Å². The molecule has 1 heterocycles. The molecule has 0 fully saturated rings. The molecule has 0 spiro atoms. The number of aliphatic hydroxyl groups excluding tert-OH is 1. The van der Waals surface area contributed by atoms with Gasteiger partial charge in [-0.15, -0.1) is 0 Å². The normalized spacial score (nSPS) is 11.7. The molecule has 0 bridgehead atoms. The predicted octanol–water partition coefficient (Wildman–Crippen LogP) is 2.46. The van der Waals surface area contributed by atoms with E-state index in [0.717, 1.165) is 11.1 Å². The molecule has 0 saturated heterocycles. The zero-order chi connectivity index (χ0) is 14.4. The van der Waals surface area contributed by atoms with Gasteiger partial charge in [0, 0.05) is 24.6 Å². The van der Waals surface area contributed by atoms with Crippen LogP contribution in [0.3, 0.4) is 0 Å². The number of urea groups is 1. The zero-order valence-electron chi connectivity index (χ0n) is 11.2. The molecule has 1 atom stereocenters. The molecular formula is C15H17N3O2. The van der Waals surface area contributed by atoms with Gasteiger partial charge in [0.05, 0.1) is 6.10 Å². The Labute approximate surface area is 117 Å². The number of anilines is 1. The maximum Gasteiger partial charge on any atom is 0.319 e. The van der Waals surface area contributed by atoms with Crippen molar-refractivity contribution < 1.29 is 9.90 Å². The molecule has 3 N–H and O–H groups in total. The van der Waals surface area contributed by atoms with Gasteiger partial charge in [-0.3, -0.25) is 4.98 Å². The van der Waals surface area contributed by atoms with Crippen LogP contribution < -0.4 is 10.6 Å². The van der Waals surface area contributed by atoms with Gasteiger partial charge in [-0.2, -0.15) is 0 Å². The standard InChI is InChI=1S/C15H17N3O2/c1-11(19)13-2-4-14(5-3-13)18-15(20)17-10-12-6-8-16-9-7-12/h2-9,11,19H,10H2,1H3,(H2,17,18,20). The summed E-state index contributed by atoms with van der Waals surface area (Å²) in [5.41, 5.74) is 2.48. The summed E-state index contributed by atoms with van der Waals surface area (Å²) in [6, 6.07) is 10.5. The Kier molecular flexibility index (Phi) is 4.68. The van der Waals surface area contributed by atoms with Crippen molar-refractivity contribution in [3.05, 3.63) is 59.9 Å². The third-order valence-electron chi connectivity index (χ3n) is 2.85. The molecule has 0 aliphatic rings. The lowest BCUT2D eigenvalue weighted by atomic mass is 10.1. The van der Waals surface area contributed by atoms with Crippen molar-refractivity contribution in [3.63, 3.8) is 0 Å². The molecule has 0 aliphatic heterocycles. The Morgan fingerprint density at radius 3 is 2.45 bits per heavy atom. The van der Waals surface area contributed by atoms with E-state index >= 15 is 0 Å². The lowest BCUT2D eigenvalue weighted by molar-refractivity contribution is 0.199. The highest BCUT2D eigenvalue weighted by Crippen LogP contribution is 2.15. The number of pyridine rings is 1. The van der Waals surface area contributed by atoms with Crippen molar-refractivity contribution in [2.45, 2.75) is 19.6 Å². The lowest BCUT2D eigenvalue weighted by Crippen LogP contribution is -2.28. The molecule has 1 unspecified atom stereocenters. The molecule has 1 aromatic carbocycles. The number of nitrogens with one attached hydrogen (secondary N) is 2. The molecule has 1 aromatic heterocycles. The number of carbonyl (C=O) groups excluding carboxylic acids is 1. The first-order valence-corrected chi connectivity index (χ1v) is 6.37. The van der Waals surface area contributed by atoms with E-state index < -0.39 is 6.10 Å². The smallest absolute Gasteiger partial charge is 0.319 e. The number of aliphatic hydroxyl groups is 1. The van der Waals surface area contributed by atoms with Crippen LogP contribution in [0.4, 0.5) is 10.5 Å². The first-order chi connectivity index (χ1) is 9.65. The van der Waals surface area contributed by atoms with Crippen molar-refractivity contribution in [3.8, 4) is 0 Å². The van der Waals surface area contributed by atoms with Crippen LogP contribution >= 0.6 is 0 Å². The Morgan fingerprint density at radius 2 is 1.85 bits per heavy atom. The molecule has 2 amide bonds. The fourth-order valence-corrected chi connectivity index (χ4v) is 1.70. The van der Waals surface area contributed by atoms with Crippen LogP contribution in [0.25, 0.3) is 0 Å². The SMILES string of the molecule is CC(O)c1ccc(NC(=O)NCc2ccncc2)cc1. The molecule has 0 aliphatic carbocycles. The lowest BCUT2D eigenvalue weighted by Gasteiger charge is -2.09. The molecule has 20 heavy (non-hydrogen) atoms. The topological polar surface area (TPSA) is 74.2 Å². The van der Waals surface area contributed by atoms with Crippen LogP contribution in [-0.2, 0) is 6.54 Å². The summed E-state index contributed by atoms with van der Waals surface area (Å²) in [5, 5.41) is 14.9. The van der Waals surface area contributed by atoms with Gasteiger partial charge in [0.1, 0.15) is 0 Å². The van der Waals surface area contributed by atoms with Crippen molar-refractivity contribution in [2.75, 3.05) is 5.32 Å². The summed E-state index contributed by atoms with van der Waals surface area (Å²) in [6.45, 7) is 2.14. The van der Waals surface area contributed by atoms with Crippen LogP contribution in [0.2, 0.25) is 0 Å². The molecule has 104 valence electrons. The Bertz CT molecular complexity index is 553. The summed E-state index contributed by atoms with van der Waals surface area (Å²) >= 11 is 0. The van der Waals surface area contributed by atoms with Gasteiger partial charge in [0.15, 0.2) is 0 Å². The summed E-state index contributed by atoms with van der Waals surface area (Å²) < 4.78 is 0. The first kappa shape index (κ1) is 14.0. The Hall–Kier alpha value is -2.40. The number of nitrogens with zero attached hydrogens (tertiary/aromatic N) is 1. The maximum atomic E-state index is 11.7. The number of carbonyl (C=O) groups is 1. The highest BCUT2D eigenvalue weighted by molar-refractivity contribution is 5.89. The largest absolute Gasteiger partial charge is 0.389 e. The average molecular weight is 271 g/mol. The van der Waals surface area contributed by atoms with Crippen LogP contribution in [0.15, 0.2) is 48.8 Å². The molecular weight excluding hydrogens is 254 g/mol. The quantitative estimate of drug-likeness (QED) is 0.799. The van der Waals surface area contributed by atoms with E-state index in [1.165, 1.54) is 0 Å². The van der Waals surface area contributed by atoms with E-state index in [0.29, 0.717) is 12.2 Å². The number of amides is 2. The van der Waals surface area contributed by atoms with Gasteiger partial charge >= 0.3 is 6.03 Å². The van der Waals surface area contributed by atoms with Gasteiger partial charge in [-0.25, -0.2) is 4.79 Å². The Morgan fingerprint density at radius 1 is 1.20 bits per heavy atom. The number of hydrogen-bond donors (Lipinski definition) is 3. The fraction of sp³-hybridized carbons (Fsp3) is 0.200. The van der Waals surface area contributed by atoms with Crippen LogP contribution in [-0.4, -0.2) is 16.1 Å². The average Bonchev–Trinajstić information content (AvgIpc) is 2.47. The molecule has 0 saturated carbocycles. The number of hydrogen-bond acceptors (Lipinski definition) is 3. The van der Waals surface area contributed by atoms with E-state index in [1.54, 1.807) is 43.6 Å². The second-order valence-corrected chi connectivity index (χ2v) is 4.46. The molecule has 2 aromatic rings. The molecule has 0 radical (unpaired) electrons. The Balaban J connectivity index is 1.85. The van der Waals surface area contributed by atoms with Crippen molar-refractivity contribution in [1.29, 1.82) is 0 Å². The molecule has 5 heteroatoms. The van der Waals surface area contributed by atoms with Crippen LogP contribution in [0.5, 0.6) is 0 Å². The monoisotopic (exact) mass is 271 g/mol. The van der Waals surface area contributed by atoms with Gasteiger partial charge < -0.3 is 15.7 Å². The maximum absolute atomic E-state index is 11.7. The van der Waals surface area contributed by atoms with Crippen molar-refractivity contribution in [2.24, 2.45) is 0 Å². The van der Waals surface area contributed by atoms with Gasteiger partial charge in [0.25, 0.3) is 0 Å². The minimum Gasteiger partial charge on any atom is -0.389 e. The summed E-state index contributed by atoms with van der Waals surface area (Å²) in [4.78, 5) is 15.6. The molecule has 5 nitrogen and oxygen atoms in total. The van der Waals surface area contributed by atoms with E-state index in [9.17, 15) is 9.90 Å². The van der Waals surface area contributed by atoms with Gasteiger partial charge in [-0.05, 0) is 42.3 Å². The summed E-state index contributed by atoms with van der Waals surface area (Å²) in [6.07, 6.45) is 2.86. The third kappa shape index (κ3) is 4.07. The minimum atomic E-state index is -0.510. The second-order valence-electron chi connectivity index (χ2n) is 4.46. The fourth-order valence-electron chi connectivity index (χ4n) is 1.70. The predicted molar refractivity (Wildman–Crippen MR) is 77.2 cm³/mol. The number of aromatic nitrogens is 1. The number of benzene rings is 1. The van der Waals surface area contributed by atoms with Crippen molar-refractivity contribution >= 4 is 11.7 Å². The van der Waals surface area contributed by atoms with E-state index in [2.05, 4.69) is 15.6 Å². The number of rotatable bonds is 4. The van der Waals surface area contributed by atoms with Crippen molar-refractivity contribution in [1.82, 2.24) is 10.3 Å². The van der Waals surface area contributed by atoms with Gasteiger partial charge in [0.2, 0.25) is 0 Å². The minimum absolute atomic E-state index is 0.272. The third-order valence-corrected chi connectivity index (χ3v) is 2.85. The zero-order valence-corrected chi connectivity index (χ0v) is 11.2. The van der Waals surface area contributed by atoms with Gasteiger partial charge in [-0.1, -0.05) is 12.1 Å². The van der Waals surface area contributed by atoms with E-state index in [1.807, 2.05) is 12.1 Å². The molecule has 2 rings (SSSR count). The highest BCUT2D eigenvalue weighted by atomic mass is 16.3. The second kappa shape index (κ2) is 6.68. The van der Waals surface area contributed by atoms with Crippen LogP contribution in [0, 0.1) is 0 Å². The van der Waals surface area contributed by atoms with E-state index in [4.69, 9.17) is 0 Å². The summed E-state index contributed by atoms with van der Waals surface area (Å²) in [5.74, 6) is 0. The summed E-state index contributed by atoms with van der Waals surface area (Å²) in [7, 11) is 0. The first-order valence-electron chi connectivity index (χ1n) is 6.37. The van der Waals surface area contributed by atoms with Crippen LogP contribution in [0.1, 0.15) is 24.2 Å².